The molecule has 3 unspecified atom stereocenters. The van der Waals surface area contributed by atoms with Crippen molar-refractivity contribution in [1.82, 2.24) is 15.1 Å². The predicted octanol–water partition coefficient (Wildman–Crippen LogP) is 1.09. The summed E-state index contributed by atoms with van der Waals surface area (Å²) in [5, 5.41) is 3.30. The first-order valence-corrected chi connectivity index (χ1v) is 8.28. The standard InChI is InChI=1S/C16H31N3O2/c1-5-17-16(2,15(20)21-4)9-11-19-10-8-13-6-7-14(12-19)18(13)3/h13-14,17H,5-12H2,1-4H3. The Balaban J connectivity index is 1.90. The normalized spacial score (nSPS) is 29.9. The zero-order chi connectivity index (χ0) is 15.5. The van der Waals surface area contributed by atoms with Gasteiger partial charge in [-0.1, -0.05) is 6.92 Å². The third-order valence-corrected chi connectivity index (χ3v) is 5.36. The van der Waals surface area contributed by atoms with Gasteiger partial charge in [-0.3, -0.25) is 9.69 Å². The Bertz CT molecular complexity index is 363. The van der Waals surface area contributed by atoms with Gasteiger partial charge in [-0.2, -0.15) is 0 Å². The third-order valence-electron chi connectivity index (χ3n) is 5.36. The summed E-state index contributed by atoms with van der Waals surface area (Å²) in [6, 6.07) is 1.46. The van der Waals surface area contributed by atoms with Gasteiger partial charge in [0.05, 0.1) is 7.11 Å². The summed E-state index contributed by atoms with van der Waals surface area (Å²) in [7, 11) is 3.74. The lowest BCUT2D eigenvalue weighted by Gasteiger charge is -2.32. The summed E-state index contributed by atoms with van der Waals surface area (Å²) in [5.74, 6) is -0.155. The van der Waals surface area contributed by atoms with Crippen LogP contribution in [-0.4, -0.2) is 73.7 Å². The largest absolute Gasteiger partial charge is 0.468 e. The number of likely N-dealkylation sites (N-methyl/N-ethyl adjacent to an activating group) is 2. The Hall–Kier alpha value is -0.650. The molecule has 0 aliphatic carbocycles. The van der Waals surface area contributed by atoms with E-state index in [2.05, 4.69) is 22.2 Å². The van der Waals surface area contributed by atoms with Gasteiger partial charge in [-0.05, 0) is 52.7 Å². The van der Waals surface area contributed by atoms with Gasteiger partial charge in [-0.15, -0.1) is 0 Å². The number of rotatable bonds is 6. The molecule has 2 aliphatic rings. The summed E-state index contributed by atoms with van der Waals surface area (Å²) < 4.78 is 4.97. The van der Waals surface area contributed by atoms with Crippen LogP contribution in [0.3, 0.4) is 0 Å². The molecule has 0 aromatic heterocycles. The number of likely N-dealkylation sites (tertiary alicyclic amines) is 1. The van der Waals surface area contributed by atoms with Crippen molar-refractivity contribution < 1.29 is 9.53 Å². The number of ether oxygens (including phenoxy) is 1. The summed E-state index contributed by atoms with van der Waals surface area (Å²) in [4.78, 5) is 17.1. The van der Waals surface area contributed by atoms with E-state index in [1.54, 1.807) is 0 Å². The Kier molecular flexibility index (Phi) is 5.63. The van der Waals surface area contributed by atoms with E-state index in [1.807, 2.05) is 13.8 Å². The first-order valence-electron chi connectivity index (χ1n) is 8.28. The predicted molar refractivity (Wildman–Crippen MR) is 84.3 cm³/mol. The number of esters is 1. The molecule has 1 N–H and O–H groups in total. The number of carbonyl (C=O) groups excluding carboxylic acids is 1. The molecule has 2 bridgehead atoms. The highest BCUT2D eigenvalue weighted by atomic mass is 16.5. The molecule has 0 saturated carbocycles. The second-order valence-corrected chi connectivity index (χ2v) is 6.74. The summed E-state index contributed by atoms with van der Waals surface area (Å²) >= 11 is 0. The SMILES string of the molecule is CCNC(C)(CCN1CCC2CCC(C1)N2C)C(=O)OC. The van der Waals surface area contributed by atoms with Crippen molar-refractivity contribution in [1.29, 1.82) is 0 Å². The quantitative estimate of drug-likeness (QED) is 0.744. The van der Waals surface area contributed by atoms with Crippen LogP contribution < -0.4 is 5.32 Å². The lowest BCUT2D eigenvalue weighted by atomic mass is 9.97. The molecule has 0 spiro atoms. The van der Waals surface area contributed by atoms with Crippen molar-refractivity contribution >= 4 is 5.97 Å². The van der Waals surface area contributed by atoms with E-state index in [9.17, 15) is 4.79 Å². The number of fused-ring (bicyclic) bond motifs is 2. The van der Waals surface area contributed by atoms with E-state index in [0.29, 0.717) is 6.04 Å². The van der Waals surface area contributed by atoms with Crippen molar-refractivity contribution in [3.8, 4) is 0 Å². The fourth-order valence-corrected chi connectivity index (χ4v) is 3.84. The maximum atomic E-state index is 12.0. The zero-order valence-corrected chi connectivity index (χ0v) is 14.0. The molecule has 3 atom stereocenters. The van der Waals surface area contributed by atoms with Gasteiger partial charge >= 0.3 is 5.97 Å². The number of hydrogen-bond donors (Lipinski definition) is 1. The topological polar surface area (TPSA) is 44.8 Å². The van der Waals surface area contributed by atoms with Gasteiger partial charge in [0.15, 0.2) is 0 Å². The van der Waals surface area contributed by atoms with Crippen LogP contribution in [-0.2, 0) is 9.53 Å². The molecule has 21 heavy (non-hydrogen) atoms. The summed E-state index contributed by atoms with van der Waals surface area (Å²) in [5.41, 5.74) is -0.569. The zero-order valence-electron chi connectivity index (χ0n) is 14.0. The highest BCUT2D eigenvalue weighted by Crippen LogP contribution is 2.28. The van der Waals surface area contributed by atoms with E-state index in [1.165, 1.54) is 26.4 Å². The Morgan fingerprint density at radius 2 is 2.05 bits per heavy atom. The van der Waals surface area contributed by atoms with Crippen LogP contribution in [0.4, 0.5) is 0 Å². The second kappa shape index (κ2) is 7.07. The highest BCUT2D eigenvalue weighted by Gasteiger charge is 2.37. The van der Waals surface area contributed by atoms with E-state index >= 15 is 0 Å². The smallest absolute Gasteiger partial charge is 0.325 e. The maximum Gasteiger partial charge on any atom is 0.325 e. The fourth-order valence-electron chi connectivity index (χ4n) is 3.84. The first kappa shape index (κ1) is 16.7. The van der Waals surface area contributed by atoms with Crippen molar-refractivity contribution in [2.75, 3.05) is 40.3 Å². The lowest BCUT2D eigenvalue weighted by Crippen LogP contribution is -2.52. The minimum absolute atomic E-state index is 0.155. The third kappa shape index (κ3) is 3.76. The Morgan fingerprint density at radius 1 is 1.33 bits per heavy atom. The highest BCUT2D eigenvalue weighted by molar-refractivity contribution is 5.80. The molecule has 0 aromatic rings. The average molecular weight is 297 g/mol. The maximum absolute atomic E-state index is 12.0. The summed E-state index contributed by atoms with van der Waals surface area (Å²) in [6.07, 6.45) is 4.73. The Labute approximate surface area is 129 Å². The minimum atomic E-state index is -0.569. The van der Waals surface area contributed by atoms with Crippen LogP contribution in [0.2, 0.25) is 0 Å². The first-order chi connectivity index (χ1) is 10.00. The second-order valence-electron chi connectivity index (χ2n) is 6.74. The van der Waals surface area contributed by atoms with Crippen molar-refractivity contribution in [3.05, 3.63) is 0 Å². The number of nitrogens with one attached hydrogen (secondary N) is 1. The van der Waals surface area contributed by atoms with Gasteiger partial charge < -0.3 is 15.0 Å². The number of hydrogen-bond acceptors (Lipinski definition) is 5. The molecular formula is C16H31N3O2. The molecule has 0 radical (unpaired) electrons. The molecule has 2 heterocycles. The Morgan fingerprint density at radius 3 is 2.71 bits per heavy atom. The molecule has 2 aliphatic heterocycles. The average Bonchev–Trinajstić information content (AvgIpc) is 2.71. The van der Waals surface area contributed by atoms with E-state index in [-0.39, 0.29) is 5.97 Å². The number of carbonyl (C=O) groups is 1. The summed E-state index contributed by atoms with van der Waals surface area (Å²) in [6.45, 7) is 8.00. The van der Waals surface area contributed by atoms with Crippen molar-refractivity contribution in [3.63, 3.8) is 0 Å². The number of methoxy groups -OCH3 is 1. The van der Waals surface area contributed by atoms with Gasteiger partial charge in [-0.25, -0.2) is 0 Å². The van der Waals surface area contributed by atoms with Crippen LogP contribution in [0.1, 0.15) is 39.5 Å². The van der Waals surface area contributed by atoms with E-state index < -0.39 is 5.54 Å². The molecule has 5 heteroatoms. The van der Waals surface area contributed by atoms with Gasteiger partial charge in [0.25, 0.3) is 0 Å². The lowest BCUT2D eigenvalue weighted by molar-refractivity contribution is -0.148. The molecular weight excluding hydrogens is 266 g/mol. The monoisotopic (exact) mass is 297 g/mol. The van der Waals surface area contributed by atoms with Gasteiger partial charge in [0.1, 0.15) is 5.54 Å². The molecule has 0 aromatic carbocycles. The van der Waals surface area contributed by atoms with Crippen LogP contribution in [0.5, 0.6) is 0 Å². The van der Waals surface area contributed by atoms with Crippen LogP contribution >= 0.6 is 0 Å². The van der Waals surface area contributed by atoms with Crippen LogP contribution in [0.15, 0.2) is 0 Å². The van der Waals surface area contributed by atoms with Crippen LogP contribution in [0, 0.1) is 0 Å². The van der Waals surface area contributed by atoms with Crippen molar-refractivity contribution in [2.45, 2.75) is 57.2 Å². The van der Waals surface area contributed by atoms with Gasteiger partial charge in [0.2, 0.25) is 0 Å². The van der Waals surface area contributed by atoms with Gasteiger partial charge in [0, 0.05) is 25.2 Å². The molecule has 5 nitrogen and oxygen atoms in total. The van der Waals surface area contributed by atoms with E-state index in [0.717, 1.165) is 38.6 Å². The fraction of sp³-hybridized carbons (Fsp3) is 0.938. The number of nitrogens with zero attached hydrogens (tertiary/aromatic N) is 2. The molecule has 2 saturated heterocycles. The molecule has 2 fully saturated rings. The minimum Gasteiger partial charge on any atom is -0.468 e. The van der Waals surface area contributed by atoms with Crippen LogP contribution in [0.25, 0.3) is 0 Å². The molecule has 2 rings (SSSR count). The van der Waals surface area contributed by atoms with Crippen molar-refractivity contribution in [2.24, 2.45) is 0 Å². The molecule has 122 valence electrons. The van der Waals surface area contributed by atoms with E-state index in [4.69, 9.17) is 4.74 Å². The molecule has 0 amide bonds.